The average Bonchev–Trinajstić information content (AvgIpc) is 2.52. The van der Waals surface area contributed by atoms with Gasteiger partial charge in [0.05, 0.1) is 24.9 Å². The molecule has 2 rings (SSSR count). The molecule has 130 valence electrons. The van der Waals surface area contributed by atoms with Crippen LogP contribution in [-0.2, 0) is 4.74 Å². The van der Waals surface area contributed by atoms with Crippen molar-refractivity contribution in [2.45, 2.75) is 33.7 Å². The first-order chi connectivity index (χ1) is 11.3. The highest BCUT2D eigenvalue weighted by atomic mass is 35.5. The lowest BCUT2D eigenvalue weighted by atomic mass is 10.0. The van der Waals surface area contributed by atoms with Gasteiger partial charge in [0.25, 0.3) is 0 Å². The highest BCUT2D eigenvalue weighted by Crippen LogP contribution is 2.23. The number of fused-ring (bicyclic) bond motifs is 1. The van der Waals surface area contributed by atoms with Crippen LogP contribution in [0.5, 0.6) is 0 Å². The van der Waals surface area contributed by atoms with E-state index in [2.05, 4.69) is 9.97 Å². The molecule has 0 aliphatic carbocycles. The van der Waals surface area contributed by atoms with Gasteiger partial charge in [-0.15, -0.1) is 0 Å². The molecular formula is C16H20ClN3O4. The number of hydrogen-bond donors (Lipinski definition) is 1. The van der Waals surface area contributed by atoms with Crippen LogP contribution in [0.3, 0.4) is 0 Å². The third kappa shape index (κ3) is 3.27. The molecule has 0 aliphatic rings. The van der Waals surface area contributed by atoms with Gasteiger partial charge in [-0.2, -0.15) is 0 Å². The summed E-state index contributed by atoms with van der Waals surface area (Å²) in [6, 6.07) is -0.379. The molecule has 0 unspecified atom stereocenters. The molecule has 24 heavy (non-hydrogen) atoms. The van der Waals surface area contributed by atoms with E-state index >= 15 is 0 Å². The van der Waals surface area contributed by atoms with Gasteiger partial charge in [0, 0.05) is 6.20 Å². The molecule has 0 fully saturated rings. The number of carbonyl (C=O) groups is 1. The third-order valence-electron chi connectivity index (χ3n) is 3.78. The zero-order chi connectivity index (χ0) is 18.0. The largest absolute Gasteiger partial charge is 0.462 e. The van der Waals surface area contributed by atoms with Gasteiger partial charge in [-0.25, -0.2) is 14.8 Å². The summed E-state index contributed by atoms with van der Waals surface area (Å²) in [5.41, 5.74) is -0.0215. The van der Waals surface area contributed by atoms with E-state index in [1.807, 2.05) is 13.8 Å². The Morgan fingerprint density at radius 1 is 1.42 bits per heavy atom. The molecule has 0 radical (unpaired) electrons. The number of esters is 1. The zero-order valence-corrected chi connectivity index (χ0v) is 14.8. The molecular weight excluding hydrogens is 334 g/mol. The first-order valence-corrected chi connectivity index (χ1v) is 8.06. The number of aliphatic hydroxyl groups excluding tert-OH is 1. The molecule has 0 bridgehead atoms. The summed E-state index contributed by atoms with van der Waals surface area (Å²) in [5.74, 6) is -0.703. The lowest BCUT2D eigenvalue weighted by molar-refractivity contribution is 0.0523. The Bertz CT molecular complexity index is 832. The molecule has 0 aromatic carbocycles. The minimum Gasteiger partial charge on any atom is -0.462 e. The minimum atomic E-state index is -0.739. The lowest BCUT2D eigenvalue weighted by Gasteiger charge is -2.24. The molecule has 2 aromatic heterocycles. The minimum absolute atomic E-state index is 0.0183. The first kappa shape index (κ1) is 18.4. The van der Waals surface area contributed by atoms with E-state index in [0.717, 1.165) is 0 Å². The Kier molecular flexibility index (Phi) is 5.56. The summed E-state index contributed by atoms with van der Waals surface area (Å²) in [7, 11) is 0. The van der Waals surface area contributed by atoms with Crippen LogP contribution in [0.15, 0.2) is 11.0 Å². The van der Waals surface area contributed by atoms with Crippen molar-refractivity contribution in [1.29, 1.82) is 0 Å². The van der Waals surface area contributed by atoms with Crippen molar-refractivity contribution in [1.82, 2.24) is 14.5 Å². The Morgan fingerprint density at radius 3 is 2.62 bits per heavy atom. The maximum absolute atomic E-state index is 12.6. The van der Waals surface area contributed by atoms with E-state index in [4.69, 9.17) is 16.3 Å². The molecule has 0 amide bonds. The van der Waals surface area contributed by atoms with Crippen LogP contribution in [0.25, 0.3) is 11.2 Å². The van der Waals surface area contributed by atoms with Gasteiger partial charge >= 0.3 is 5.97 Å². The number of aryl methyl sites for hydroxylation is 1. The van der Waals surface area contributed by atoms with Crippen molar-refractivity contribution in [3.05, 3.63) is 32.8 Å². The van der Waals surface area contributed by atoms with Crippen molar-refractivity contribution in [3.8, 4) is 0 Å². The van der Waals surface area contributed by atoms with Gasteiger partial charge < -0.3 is 14.4 Å². The molecule has 8 heteroatoms. The van der Waals surface area contributed by atoms with E-state index in [0.29, 0.717) is 5.69 Å². The van der Waals surface area contributed by atoms with Crippen LogP contribution in [-0.4, -0.2) is 38.8 Å². The molecule has 0 saturated heterocycles. The van der Waals surface area contributed by atoms with Gasteiger partial charge in [0.2, 0.25) is 5.43 Å². The van der Waals surface area contributed by atoms with E-state index in [1.54, 1.807) is 18.4 Å². The number of ether oxygens (including phenoxy) is 1. The second-order valence-electron chi connectivity index (χ2n) is 5.77. The Morgan fingerprint density at radius 2 is 2.08 bits per heavy atom. The van der Waals surface area contributed by atoms with Crippen molar-refractivity contribution in [2.24, 2.45) is 5.92 Å². The fourth-order valence-corrected chi connectivity index (χ4v) is 2.56. The summed E-state index contributed by atoms with van der Waals surface area (Å²) in [6.45, 7) is 7.13. The Labute approximate surface area is 144 Å². The second-order valence-corrected chi connectivity index (χ2v) is 6.12. The number of carbonyl (C=O) groups excluding carboxylic acids is 1. The van der Waals surface area contributed by atoms with Crippen molar-refractivity contribution in [3.63, 3.8) is 0 Å². The summed E-state index contributed by atoms with van der Waals surface area (Å²) in [6.07, 6.45) is 1.38. The van der Waals surface area contributed by atoms with Crippen LogP contribution in [0, 0.1) is 12.8 Å². The highest BCUT2D eigenvalue weighted by molar-refractivity contribution is 6.30. The monoisotopic (exact) mass is 353 g/mol. The molecule has 0 saturated carbocycles. The van der Waals surface area contributed by atoms with E-state index in [9.17, 15) is 14.7 Å². The number of pyridine rings is 1. The van der Waals surface area contributed by atoms with Gasteiger partial charge in [-0.05, 0) is 19.8 Å². The van der Waals surface area contributed by atoms with Gasteiger partial charge in [-0.1, -0.05) is 25.4 Å². The molecule has 2 heterocycles. The first-order valence-electron chi connectivity index (χ1n) is 7.68. The summed E-state index contributed by atoms with van der Waals surface area (Å²) in [5, 5.41) is 9.84. The predicted molar refractivity (Wildman–Crippen MR) is 90.5 cm³/mol. The van der Waals surface area contributed by atoms with Crippen LogP contribution >= 0.6 is 11.6 Å². The molecule has 2 aromatic rings. The fourth-order valence-electron chi connectivity index (χ4n) is 2.43. The summed E-state index contributed by atoms with van der Waals surface area (Å²) >= 11 is 5.99. The van der Waals surface area contributed by atoms with Crippen molar-refractivity contribution < 1.29 is 14.6 Å². The van der Waals surface area contributed by atoms with Gasteiger partial charge in [0.15, 0.2) is 16.3 Å². The van der Waals surface area contributed by atoms with Crippen LogP contribution in [0.2, 0.25) is 5.15 Å². The van der Waals surface area contributed by atoms with E-state index in [1.165, 1.54) is 6.20 Å². The smallest absolute Gasteiger partial charge is 0.343 e. The SMILES string of the molecule is CCOC(=O)c1cn([C@H](CO)C(C)C)c2nc(C)c(Cl)nc2c1=O. The Balaban J connectivity index is 2.88. The van der Waals surface area contributed by atoms with Gasteiger partial charge in [0.1, 0.15) is 5.56 Å². The summed E-state index contributed by atoms with van der Waals surface area (Å²) in [4.78, 5) is 33.2. The van der Waals surface area contributed by atoms with E-state index < -0.39 is 11.4 Å². The van der Waals surface area contributed by atoms with Crippen LogP contribution in [0.4, 0.5) is 0 Å². The molecule has 1 N–H and O–H groups in total. The Hall–Kier alpha value is -1.99. The van der Waals surface area contributed by atoms with Crippen molar-refractivity contribution >= 4 is 28.7 Å². The highest BCUT2D eigenvalue weighted by Gasteiger charge is 2.24. The number of hydrogen-bond acceptors (Lipinski definition) is 6. The standard InChI is InChI=1S/C16H20ClN3O4/c1-5-24-16(23)10-6-20(11(7-21)8(2)3)15-12(13(10)22)19-14(17)9(4)18-15/h6,8,11,21H,5,7H2,1-4H3/t11-/m1/s1. The van der Waals surface area contributed by atoms with Crippen molar-refractivity contribution in [2.75, 3.05) is 13.2 Å². The fraction of sp³-hybridized carbons (Fsp3) is 0.500. The number of aromatic nitrogens is 3. The average molecular weight is 354 g/mol. The number of aliphatic hydroxyl groups is 1. The normalized spacial score (nSPS) is 12.6. The topological polar surface area (TPSA) is 94.3 Å². The number of halogens is 1. The second kappa shape index (κ2) is 7.27. The maximum atomic E-state index is 12.6. The number of nitrogens with zero attached hydrogens (tertiary/aromatic N) is 3. The summed E-state index contributed by atoms with van der Waals surface area (Å²) < 4.78 is 6.55. The van der Waals surface area contributed by atoms with E-state index in [-0.39, 0.29) is 47.1 Å². The molecule has 0 spiro atoms. The van der Waals surface area contributed by atoms with Crippen LogP contribution in [0.1, 0.15) is 42.9 Å². The number of rotatable bonds is 5. The molecule has 1 atom stereocenters. The predicted octanol–water partition coefficient (Wildman–Crippen LogP) is 2.12. The molecule has 0 aliphatic heterocycles. The van der Waals surface area contributed by atoms with Gasteiger partial charge in [-0.3, -0.25) is 4.79 Å². The quantitative estimate of drug-likeness (QED) is 0.827. The third-order valence-corrected chi connectivity index (χ3v) is 4.13. The zero-order valence-electron chi connectivity index (χ0n) is 14.0. The maximum Gasteiger partial charge on any atom is 0.343 e. The molecule has 7 nitrogen and oxygen atoms in total. The lowest BCUT2D eigenvalue weighted by Crippen LogP contribution is -2.27. The van der Waals surface area contributed by atoms with Crippen LogP contribution < -0.4 is 5.43 Å².